The van der Waals surface area contributed by atoms with Gasteiger partial charge in [-0.25, -0.2) is 0 Å². The molecule has 0 saturated carbocycles. The van der Waals surface area contributed by atoms with Crippen LogP contribution in [0.15, 0.2) is 59.0 Å². The van der Waals surface area contributed by atoms with Gasteiger partial charge in [0.15, 0.2) is 5.76 Å². The van der Waals surface area contributed by atoms with Crippen molar-refractivity contribution in [1.29, 1.82) is 0 Å². The van der Waals surface area contributed by atoms with Gasteiger partial charge in [0.1, 0.15) is 17.9 Å². The second kappa shape index (κ2) is 8.17. The topological polar surface area (TPSA) is 80.6 Å². The monoisotopic (exact) mass is 380 g/mol. The predicted octanol–water partition coefficient (Wildman–Crippen LogP) is 3.66. The van der Waals surface area contributed by atoms with Crippen molar-refractivity contribution >= 4 is 22.8 Å². The highest BCUT2D eigenvalue weighted by atomic mass is 16.5. The first-order chi connectivity index (χ1) is 13.3. The Kier molecular flexibility index (Phi) is 5.68. The van der Waals surface area contributed by atoms with E-state index in [4.69, 9.17) is 9.15 Å². The van der Waals surface area contributed by atoms with Crippen molar-refractivity contribution in [3.8, 4) is 5.75 Å². The van der Waals surface area contributed by atoms with E-state index >= 15 is 0 Å². The fourth-order valence-corrected chi connectivity index (χ4v) is 2.80. The standard InChI is InChI=1S/C22H24N2O4/c1-22(2,3)24-19(25)13-23-21(26)20-17(14-27-15-9-5-4-6-10-15)16-11-7-8-12-18(16)28-20/h4-12H,13-14H2,1-3H3,(H,23,26)(H,24,25). The van der Waals surface area contributed by atoms with Crippen LogP contribution in [0.2, 0.25) is 0 Å². The highest BCUT2D eigenvalue weighted by Gasteiger charge is 2.22. The average molecular weight is 380 g/mol. The minimum atomic E-state index is -0.452. The third kappa shape index (κ3) is 4.91. The van der Waals surface area contributed by atoms with E-state index < -0.39 is 5.91 Å². The lowest BCUT2D eigenvalue weighted by Crippen LogP contribution is -2.45. The number of nitrogens with one attached hydrogen (secondary N) is 2. The number of carbonyl (C=O) groups excluding carboxylic acids is 2. The Balaban J connectivity index is 1.77. The number of para-hydroxylation sites is 2. The Morgan fingerprint density at radius 3 is 2.39 bits per heavy atom. The molecule has 0 spiro atoms. The smallest absolute Gasteiger partial charge is 0.287 e. The summed E-state index contributed by atoms with van der Waals surface area (Å²) in [4.78, 5) is 24.7. The van der Waals surface area contributed by atoms with Crippen LogP contribution in [-0.2, 0) is 11.4 Å². The number of hydrogen-bond acceptors (Lipinski definition) is 4. The van der Waals surface area contributed by atoms with Crippen molar-refractivity contribution in [2.45, 2.75) is 32.9 Å². The van der Waals surface area contributed by atoms with Crippen molar-refractivity contribution in [1.82, 2.24) is 10.6 Å². The van der Waals surface area contributed by atoms with Crippen LogP contribution in [0.25, 0.3) is 11.0 Å². The van der Waals surface area contributed by atoms with E-state index in [0.717, 1.165) is 5.39 Å². The van der Waals surface area contributed by atoms with Gasteiger partial charge in [-0.15, -0.1) is 0 Å². The van der Waals surface area contributed by atoms with Gasteiger partial charge in [0.25, 0.3) is 5.91 Å². The first-order valence-electron chi connectivity index (χ1n) is 9.11. The summed E-state index contributed by atoms with van der Waals surface area (Å²) in [5, 5.41) is 6.23. The molecule has 1 aromatic heterocycles. The minimum Gasteiger partial charge on any atom is -0.489 e. The third-order valence-electron chi connectivity index (χ3n) is 3.95. The summed E-state index contributed by atoms with van der Waals surface area (Å²) in [6.07, 6.45) is 0. The maximum absolute atomic E-state index is 12.7. The van der Waals surface area contributed by atoms with E-state index in [1.165, 1.54) is 0 Å². The molecule has 0 bridgehead atoms. The number of fused-ring (bicyclic) bond motifs is 1. The van der Waals surface area contributed by atoms with Gasteiger partial charge in [0.05, 0.1) is 6.54 Å². The zero-order valence-corrected chi connectivity index (χ0v) is 16.2. The number of carbonyl (C=O) groups is 2. The average Bonchev–Trinajstić information content (AvgIpc) is 3.02. The lowest BCUT2D eigenvalue weighted by Gasteiger charge is -2.20. The van der Waals surface area contributed by atoms with Crippen LogP contribution in [-0.4, -0.2) is 23.9 Å². The summed E-state index contributed by atoms with van der Waals surface area (Å²) >= 11 is 0. The molecule has 3 rings (SSSR count). The summed E-state index contributed by atoms with van der Waals surface area (Å²) in [5.74, 6) is 0.135. The molecule has 0 atom stereocenters. The number of rotatable bonds is 6. The number of ether oxygens (including phenoxy) is 1. The Morgan fingerprint density at radius 1 is 1.00 bits per heavy atom. The Labute approximate surface area is 163 Å². The second-order valence-corrected chi connectivity index (χ2v) is 7.49. The molecule has 1 heterocycles. The van der Waals surface area contributed by atoms with E-state index in [2.05, 4.69) is 10.6 Å². The summed E-state index contributed by atoms with van der Waals surface area (Å²) in [7, 11) is 0. The van der Waals surface area contributed by atoms with E-state index in [1.807, 2.05) is 69.3 Å². The molecule has 2 N–H and O–H groups in total. The Morgan fingerprint density at radius 2 is 1.68 bits per heavy atom. The largest absolute Gasteiger partial charge is 0.489 e. The summed E-state index contributed by atoms with van der Waals surface area (Å²) < 4.78 is 11.6. The van der Waals surface area contributed by atoms with Crippen molar-refractivity contribution in [2.75, 3.05) is 6.54 Å². The molecule has 3 aromatic rings. The van der Waals surface area contributed by atoms with Gasteiger partial charge in [-0.3, -0.25) is 9.59 Å². The third-order valence-corrected chi connectivity index (χ3v) is 3.95. The van der Waals surface area contributed by atoms with Gasteiger partial charge in [-0.05, 0) is 39.0 Å². The van der Waals surface area contributed by atoms with Crippen LogP contribution in [0.3, 0.4) is 0 Å². The van der Waals surface area contributed by atoms with Crippen LogP contribution in [0, 0.1) is 0 Å². The fraction of sp³-hybridized carbons (Fsp3) is 0.273. The molecule has 0 aliphatic heterocycles. The quantitative estimate of drug-likeness (QED) is 0.684. The molecule has 146 valence electrons. The molecule has 0 unspecified atom stereocenters. The normalized spacial score (nSPS) is 11.2. The molecule has 2 amide bonds. The molecular weight excluding hydrogens is 356 g/mol. The van der Waals surface area contributed by atoms with Gasteiger partial charge >= 0.3 is 0 Å². The minimum absolute atomic E-state index is 0.133. The lowest BCUT2D eigenvalue weighted by atomic mass is 10.1. The van der Waals surface area contributed by atoms with E-state index in [9.17, 15) is 9.59 Å². The Bertz CT molecular complexity index is 971. The second-order valence-electron chi connectivity index (χ2n) is 7.49. The maximum atomic E-state index is 12.7. The van der Waals surface area contributed by atoms with Crippen molar-refractivity contribution in [3.05, 3.63) is 65.9 Å². The van der Waals surface area contributed by atoms with Crippen LogP contribution in [0.1, 0.15) is 36.9 Å². The molecule has 2 aromatic carbocycles. The van der Waals surface area contributed by atoms with Gasteiger partial charge in [0.2, 0.25) is 5.91 Å². The fourth-order valence-electron chi connectivity index (χ4n) is 2.80. The molecular formula is C22H24N2O4. The van der Waals surface area contributed by atoms with Crippen molar-refractivity contribution in [2.24, 2.45) is 0 Å². The molecule has 0 saturated heterocycles. The molecule has 0 aliphatic rings. The highest BCUT2D eigenvalue weighted by molar-refractivity contribution is 6.00. The van der Waals surface area contributed by atoms with Gasteiger partial charge in [0, 0.05) is 16.5 Å². The first kappa shape index (κ1) is 19.5. The maximum Gasteiger partial charge on any atom is 0.287 e. The predicted molar refractivity (Wildman–Crippen MR) is 107 cm³/mol. The first-order valence-corrected chi connectivity index (χ1v) is 9.11. The van der Waals surface area contributed by atoms with Crippen molar-refractivity contribution < 1.29 is 18.7 Å². The molecule has 28 heavy (non-hydrogen) atoms. The molecule has 0 fully saturated rings. The molecule has 6 nitrogen and oxygen atoms in total. The number of furan rings is 1. The van der Waals surface area contributed by atoms with Crippen LogP contribution >= 0.6 is 0 Å². The van der Waals surface area contributed by atoms with Gasteiger partial charge in [-0.2, -0.15) is 0 Å². The van der Waals surface area contributed by atoms with Crippen LogP contribution < -0.4 is 15.4 Å². The highest BCUT2D eigenvalue weighted by Crippen LogP contribution is 2.27. The van der Waals surface area contributed by atoms with Crippen LogP contribution in [0.5, 0.6) is 5.75 Å². The molecule has 6 heteroatoms. The Hall–Kier alpha value is -3.28. The zero-order chi connectivity index (χ0) is 20.1. The molecule has 0 aliphatic carbocycles. The summed E-state index contributed by atoms with van der Waals surface area (Å²) in [6.45, 7) is 5.69. The van der Waals surface area contributed by atoms with Crippen LogP contribution in [0.4, 0.5) is 0 Å². The number of amides is 2. The molecule has 0 radical (unpaired) electrons. The SMILES string of the molecule is CC(C)(C)NC(=O)CNC(=O)c1oc2ccccc2c1COc1ccccc1. The lowest BCUT2D eigenvalue weighted by molar-refractivity contribution is -0.121. The summed E-state index contributed by atoms with van der Waals surface area (Å²) in [6, 6.07) is 16.7. The van der Waals surface area contributed by atoms with E-state index in [1.54, 1.807) is 6.07 Å². The van der Waals surface area contributed by atoms with Gasteiger partial charge in [-0.1, -0.05) is 36.4 Å². The van der Waals surface area contributed by atoms with E-state index in [0.29, 0.717) is 16.9 Å². The number of benzene rings is 2. The number of hydrogen-bond donors (Lipinski definition) is 2. The zero-order valence-electron chi connectivity index (χ0n) is 16.2. The van der Waals surface area contributed by atoms with E-state index in [-0.39, 0.29) is 30.4 Å². The van der Waals surface area contributed by atoms with Crippen molar-refractivity contribution in [3.63, 3.8) is 0 Å². The van der Waals surface area contributed by atoms with Gasteiger partial charge < -0.3 is 19.8 Å². The summed E-state index contributed by atoms with van der Waals surface area (Å²) in [5.41, 5.74) is 0.877.